The SMILES string of the molecule is COc1ccc(C(=O)N(C)C(C)CSC)cc1O. The Bertz CT molecular complexity index is 423. The Kier molecular flexibility index (Phi) is 5.34. The van der Waals surface area contributed by atoms with Crippen molar-refractivity contribution in [2.45, 2.75) is 13.0 Å². The first-order chi connectivity index (χ1) is 8.51. The second-order valence-electron chi connectivity index (χ2n) is 4.11. The Hall–Kier alpha value is -1.36. The van der Waals surface area contributed by atoms with Gasteiger partial charge in [0.25, 0.3) is 5.91 Å². The highest BCUT2D eigenvalue weighted by molar-refractivity contribution is 7.98. The summed E-state index contributed by atoms with van der Waals surface area (Å²) >= 11 is 1.70. The highest BCUT2D eigenvalue weighted by atomic mass is 32.2. The van der Waals surface area contributed by atoms with Gasteiger partial charge in [-0.3, -0.25) is 4.79 Å². The first-order valence-corrected chi connectivity index (χ1v) is 7.03. The molecule has 1 N–H and O–H groups in total. The molecule has 0 fully saturated rings. The van der Waals surface area contributed by atoms with Crippen molar-refractivity contribution in [1.29, 1.82) is 0 Å². The maximum atomic E-state index is 12.2. The number of phenols is 1. The number of amides is 1. The van der Waals surface area contributed by atoms with Crippen LogP contribution in [0.25, 0.3) is 0 Å². The topological polar surface area (TPSA) is 49.8 Å². The third-order valence-corrected chi connectivity index (χ3v) is 3.63. The molecule has 4 nitrogen and oxygen atoms in total. The van der Waals surface area contributed by atoms with E-state index in [0.29, 0.717) is 11.3 Å². The summed E-state index contributed by atoms with van der Waals surface area (Å²) in [6, 6.07) is 4.83. The molecule has 1 aromatic rings. The van der Waals surface area contributed by atoms with Gasteiger partial charge in [0.05, 0.1) is 7.11 Å². The van der Waals surface area contributed by atoms with Crippen molar-refractivity contribution in [3.8, 4) is 11.5 Å². The first kappa shape index (κ1) is 14.7. The molecule has 0 radical (unpaired) electrons. The fraction of sp³-hybridized carbons (Fsp3) is 0.462. The number of aromatic hydroxyl groups is 1. The molecule has 18 heavy (non-hydrogen) atoms. The van der Waals surface area contributed by atoms with Crippen LogP contribution < -0.4 is 4.74 Å². The van der Waals surface area contributed by atoms with Crippen LogP contribution in [0.3, 0.4) is 0 Å². The number of carbonyl (C=O) groups is 1. The van der Waals surface area contributed by atoms with Crippen molar-refractivity contribution in [3.05, 3.63) is 23.8 Å². The zero-order valence-corrected chi connectivity index (χ0v) is 12.0. The summed E-state index contributed by atoms with van der Waals surface area (Å²) in [4.78, 5) is 13.9. The minimum atomic E-state index is -0.102. The lowest BCUT2D eigenvalue weighted by molar-refractivity contribution is 0.0757. The van der Waals surface area contributed by atoms with E-state index >= 15 is 0 Å². The molecule has 0 bridgehead atoms. The average molecular weight is 269 g/mol. The minimum Gasteiger partial charge on any atom is -0.504 e. The maximum absolute atomic E-state index is 12.2. The molecule has 1 aromatic carbocycles. The van der Waals surface area contributed by atoms with Crippen LogP contribution in [0.4, 0.5) is 0 Å². The molecule has 0 aliphatic carbocycles. The second-order valence-corrected chi connectivity index (χ2v) is 5.02. The molecule has 0 aromatic heterocycles. The van der Waals surface area contributed by atoms with Gasteiger partial charge in [-0.05, 0) is 31.4 Å². The lowest BCUT2D eigenvalue weighted by atomic mass is 10.1. The van der Waals surface area contributed by atoms with Gasteiger partial charge >= 0.3 is 0 Å². The van der Waals surface area contributed by atoms with Crippen LogP contribution in [0.1, 0.15) is 17.3 Å². The zero-order valence-electron chi connectivity index (χ0n) is 11.1. The van der Waals surface area contributed by atoms with Crippen LogP contribution in [-0.4, -0.2) is 48.1 Å². The van der Waals surface area contributed by atoms with Crippen molar-refractivity contribution in [2.75, 3.05) is 26.2 Å². The van der Waals surface area contributed by atoms with Gasteiger partial charge in [-0.25, -0.2) is 0 Å². The predicted molar refractivity (Wildman–Crippen MR) is 74.6 cm³/mol. The molecule has 0 spiro atoms. The lowest BCUT2D eigenvalue weighted by Crippen LogP contribution is -2.36. The molecule has 5 heteroatoms. The molecule has 0 aliphatic heterocycles. The van der Waals surface area contributed by atoms with Crippen LogP contribution in [0.2, 0.25) is 0 Å². The quantitative estimate of drug-likeness (QED) is 0.890. The van der Waals surface area contributed by atoms with E-state index in [1.165, 1.54) is 13.2 Å². The van der Waals surface area contributed by atoms with E-state index in [1.807, 2.05) is 13.2 Å². The molecule has 1 amide bonds. The van der Waals surface area contributed by atoms with Crippen LogP contribution in [-0.2, 0) is 0 Å². The number of benzene rings is 1. The third kappa shape index (κ3) is 3.32. The van der Waals surface area contributed by atoms with Gasteiger partial charge in [-0.2, -0.15) is 11.8 Å². The van der Waals surface area contributed by atoms with E-state index in [2.05, 4.69) is 0 Å². The number of carbonyl (C=O) groups excluding carboxylic acids is 1. The molecule has 0 saturated heterocycles. The van der Waals surface area contributed by atoms with Crippen LogP contribution in [0, 0.1) is 0 Å². The summed E-state index contributed by atoms with van der Waals surface area (Å²) in [5.41, 5.74) is 0.462. The number of nitrogens with zero attached hydrogens (tertiary/aromatic N) is 1. The Balaban J connectivity index is 2.87. The van der Waals surface area contributed by atoms with Crippen molar-refractivity contribution in [3.63, 3.8) is 0 Å². The summed E-state index contributed by atoms with van der Waals surface area (Å²) in [5.74, 6) is 1.12. The number of ether oxygens (including phenoxy) is 1. The monoisotopic (exact) mass is 269 g/mol. The summed E-state index contributed by atoms with van der Waals surface area (Å²) in [5, 5.41) is 9.66. The first-order valence-electron chi connectivity index (χ1n) is 5.64. The Morgan fingerprint density at radius 3 is 2.72 bits per heavy atom. The normalized spacial score (nSPS) is 12.0. The van der Waals surface area contributed by atoms with Gasteiger partial charge in [-0.15, -0.1) is 0 Å². The van der Waals surface area contributed by atoms with E-state index in [-0.39, 0.29) is 17.7 Å². The van der Waals surface area contributed by atoms with E-state index < -0.39 is 0 Å². The van der Waals surface area contributed by atoms with Gasteiger partial charge in [-0.1, -0.05) is 0 Å². The van der Waals surface area contributed by atoms with E-state index in [4.69, 9.17) is 4.74 Å². The van der Waals surface area contributed by atoms with Gasteiger partial charge in [0.2, 0.25) is 0 Å². The summed E-state index contributed by atoms with van der Waals surface area (Å²) in [6.07, 6.45) is 2.01. The fourth-order valence-corrected chi connectivity index (χ4v) is 2.29. The Morgan fingerprint density at radius 1 is 1.56 bits per heavy atom. The van der Waals surface area contributed by atoms with Crippen LogP contribution in [0.15, 0.2) is 18.2 Å². The molecule has 0 saturated carbocycles. The maximum Gasteiger partial charge on any atom is 0.254 e. The fourth-order valence-electron chi connectivity index (χ4n) is 1.58. The van der Waals surface area contributed by atoms with Crippen molar-refractivity contribution in [2.24, 2.45) is 0 Å². The molecule has 1 rings (SSSR count). The Labute approximate surface area is 112 Å². The van der Waals surface area contributed by atoms with Gasteiger partial charge in [0.15, 0.2) is 11.5 Å². The molecular formula is C13H19NO3S. The number of hydrogen-bond donors (Lipinski definition) is 1. The van der Waals surface area contributed by atoms with E-state index in [9.17, 15) is 9.90 Å². The summed E-state index contributed by atoms with van der Waals surface area (Å²) < 4.78 is 4.95. The third-order valence-electron chi connectivity index (χ3n) is 2.82. The van der Waals surface area contributed by atoms with Crippen molar-refractivity contribution >= 4 is 17.7 Å². The zero-order chi connectivity index (χ0) is 13.7. The highest BCUT2D eigenvalue weighted by Crippen LogP contribution is 2.26. The van der Waals surface area contributed by atoms with Crippen LogP contribution >= 0.6 is 11.8 Å². The number of rotatable bonds is 5. The smallest absolute Gasteiger partial charge is 0.254 e. The number of hydrogen-bond acceptors (Lipinski definition) is 4. The van der Waals surface area contributed by atoms with Gasteiger partial charge in [0, 0.05) is 24.4 Å². The largest absolute Gasteiger partial charge is 0.504 e. The minimum absolute atomic E-state index is 0.0192. The molecular weight excluding hydrogens is 250 g/mol. The molecule has 100 valence electrons. The van der Waals surface area contributed by atoms with Crippen molar-refractivity contribution in [1.82, 2.24) is 4.90 Å². The summed E-state index contributed by atoms with van der Waals surface area (Å²) in [7, 11) is 3.24. The standard InChI is InChI=1S/C13H19NO3S/c1-9(8-18-4)14(2)13(16)10-5-6-12(17-3)11(15)7-10/h5-7,9,15H,8H2,1-4H3. The Morgan fingerprint density at radius 2 is 2.22 bits per heavy atom. The van der Waals surface area contributed by atoms with Crippen LogP contribution in [0.5, 0.6) is 11.5 Å². The average Bonchev–Trinajstić information content (AvgIpc) is 2.37. The molecule has 1 atom stereocenters. The molecule has 0 heterocycles. The second kappa shape index (κ2) is 6.54. The number of phenolic OH excluding ortho intramolecular Hbond substituents is 1. The van der Waals surface area contributed by atoms with Gasteiger partial charge in [0.1, 0.15) is 0 Å². The predicted octanol–water partition coefficient (Wildman–Crippen LogP) is 2.22. The van der Waals surface area contributed by atoms with Crippen molar-refractivity contribution < 1.29 is 14.6 Å². The molecule has 1 unspecified atom stereocenters. The number of methoxy groups -OCH3 is 1. The van der Waals surface area contributed by atoms with E-state index in [0.717, 1.165) is 5.75 Å². The van der Waals surface area contributed by atoms with Gasteiger partial charge < -0.3 is 14.7 Å². The molecule has 0 aliphatic rings. The summed E-state index contributed by atoms with van der Waals surface area (Å²) in [6.45, 7) is 2.00. The number of thioether (sulfide) groups is 1. The highest BCUT2D eigenvalue weighted by Gasteiger charge is 2.18. The lowest BCUT2D eigenvalue weighted by Gasteiger charge is -2.24. The van der Waals surface area contributed by atoms with E-state index in [1.54, 1.807) is 35.8 Å².